The highest BCUT2D eigenvalue weighted by atomic mass is 32.1. The zero-order valence-corrected chi connectivity index (χ0v) is 26.7. The van der Waals surface area contributed by atoms with Crippen molar-refractivity contribution in [3.63, 3.8) is 0 Å². The number of fused-ring (bicyclic) bond motifs is 1. The van der Waals surface area contributed by atoms with Gasteiger partial charge in [0.1, 0.15) is 30.2 Å². The molecule has 4 rings (SSSR count). The number of carbonyl (C=O) groups excluding carboxylic acids is 2. The number of nitrogens with zero attached hydrogens (tertiary/aromatic N) is 1. The molecule has 3 aliphatic rings. The molecule has 4 heterocycles. The van der Waals surface area contributed by atoms with E-state index in [0.29, 0.717) is 6.42 Å². The fourth-order valence-electron chi connectivity index (χ4n) is 6.13. The van der Waals surface area contributed by atoms with Crippen LogP contribution < -0.4 is 0 Å². The van der Waals surface area contributed by atoms with Gasteiger partial charge in [-0.3, -0.25) is 9.59 Å². The van der Waals surface area contributed by atoms with E-state index < -0.39 is 66.8 Å². The molecule has 0 bridgehead atoms. The van der Waals surface area contributed by atoms with E-state index in [9.17, 15) is 30.0 Å². The Morgan fingerprint density at radius 1 is 1.12 bits per heavy atom. The maximum Gasteiger partial charge on any atom is 0.309 e. The number of thiazole rings is 1. The number of cyclic esters (lactones) is 1. The summed E-state index contributed by atoms with van der Waals surface area (Å²) in [5.41, 5.74) is 0.246. The van der Waals surface area contributed by atoms with Crippen molar-refractivity contribution in [3.8, 4) is 0 Å². The maximum atomic E-state index is 13.9. The van der Waals surface area contributed by atoms with Gasteiger partial charge >= 0.3 is 5.97 Å². The molecular weight excluding hydrogens is 578 g/mol. The zero-order chi connectivity index (χ0) is 31.6. The van der Waals surface area contributed by atoms with Crippen molar-refractivity contribution in [2.75, 3.05) is 6.61 Å². The van der Waals surface area contributed by atoms with E-state index in [0.717, 1.165) is 35.5 Å². The summed E-state index contributed by atoms with van der Waals surface area (Å²) < 4.78 is 23.6. The maximum absolute atomic E-state index is 13.9. The number of aliphatic hydroxyl groups excluding tert-OH is 4. The van der Waals surface area contributed by atoms with Gasteiger partial charge in [-0.05, 0) is 44.3 Å². The van der Waals surface area contributed by atoms with Gasteiger partial charge in [0.25, 0.3) is 0 Å². The van der Waals surface area contributed by atoms with Gasteiger partial charge in [0.05, 0.1) is 53.6 Å². The smallest absolute Gasteiger partial charge is 0.309 e. The highest BCUT2D eigenvalue weighted by Crippen LogP contribution is 2.38. The van der Waals surface area contributed by atoms with E-state index in [1.807, 2.05) is 32.2 Å². The van der Waals surface area contributed by atoms with Crippen LogP contribution in [0, 0.1) is 24.2 Å². The Morgan fingerprint density at radius 3 is 2.47 bits per heavy atom. The summed E-state index contributed by atoms with van der Waals surface area (Å²) in [5.74, 6) is -1.87. The van der Waals surface area contributed by atoms with Gasteiger partial charge in [0, 0.05) is 17.7 Å². The quantitative estimate of drug-likeness (QED) is 0.280. The van der Waals surface area contributed by atoms with Crippen LogP contribution in [0.3, 0.4) is 0 Å². The second-order valence-corrected chi connectivity index (χ2v) is 14.0. The summed E-state index contributed by atoms with van der Waals surface area (Å²) in [6.07, 6.45) is -3.78. The largest absolute Gasteiger partial charge is 0.458 e. The second kappa shape index (κ2) is 14.1. The fourth-order valence-corrected chi connectivity index (χ4v) is 6.70. The standard InChI is InChI=1S/C31H47NO10S/c1-15-8-7-9-20-22(39-20)11-21(16(2)10-19-14-43-18(4)32-19)40-25(34)12-24(31(5,6)29(38)17(3)26(15)35)42-30-28(37)27(36)23(13-33)41-30/h10,14-15,17,20-24,26-28,30,33,35-37H,7-9,11-13H2,1-6H3/b16-10+/t15-,17+,20+,21-,22-,23+,24-,26-,27+,28+,30+/m0/s1. The molecule has 3 saturated heterocycles. The zero-order valence-electron chi connectivity index (χ0n) is 25.8. The Labute approximate surface area is 257 Å². The first-order chi connectivity index (χ1) is 20.2. The molecule has 11 atom stereocenters. The molecular formula is C31H47NO10S. The van der Waals surface area contributed by atoms with Crippen molar-refractivity contribution >= 4 is 29.2 Å². The average Bonchev–Trinajstić information content (AvgIpc) is 3.47. The summed E-state index contributed by atoms with van der Waals surface area (Å²) in [6, 6.07) is 0. The van der Waals surface area contributed by atoms with Crippen molar-refractivity contribution in [1.82, 2.24) is 4.98 Å². The first-order valence-electron chi connectivity index (χ1n) is 15.2. The number of aliphatic hydroxyl groups is 4. The molecule has 0 spiro atoms. The molecule has 0 aliphatic carbocycles. The van der Waals surface area contributed by atoms with Crippen molar-refractivity contribution < 1.29 is 49.0 Å². The number of ether oxygens (including phenoxy) is 4. The van der Waals surface area contributed by atoms with E-state index in [1.54, 1.807) is 20.8 Å². The van der Waals surface area contributed by atoms with Gasteiger partial charge in [-0.1, -0.05) is 34.1 Å². The number of rotatable bonds is 5. The number of hydrogen-bond donors (Lipinski definition) is 4. The van der Waals surface area contributed by atoms with Crippen LogP contribution >= 0.6 is 11.3 Å². The van der Waals surface area contributed by atoms with Crippen LogP contribution in [0.1, 0.15) is 77.4 Å². The molecule has 0 unspecified atom stereocenters. The van der Waals surface area contributed by atoms with E-state index in [-0.39, 0.29) is 30.3 Å². The number of ketones is 1. The molecule has 12 heteroatoms. The summed E-state index contributed by atoms with van der Waals surface area (Å²) in [4.78, 5) is 32.0. The molecule has 1 aromatic heterocycles. The molecule has 0 amide bonds. The lowest BCUT2D eigenvalue weighted by atomic mass is 9.72. The molecule has 1 aromatic rings. The molecule has 3 fully saturated rings. The van der Waals surface area contributed by atoms with E-state index in [4.69, 9.17) is 18.9 Å². The monoisotopic (exact) mass is 625 g/mol. The van der Waals surface area contributed by atoms with Crippen LogP contribution in [0.5, 0.6) is 0 Å². The SMILES string of the molecule is C/C(=C\c1csc(C)n1)[C@@H]1C[C@@H]2O[C@@H]2CCC[C@H](C)[C@H](O)[C@@H](C)C(=O)C(C)(C)[C@@H](O[C@H]2O[C@H](CO)[C@@H](O)[C@H]2O)CC(=O)O1. The minimum absolute atomic E-state index is 0.0359. The van der Waals surface area contributed by atoms with Crippen LogP contribution in [0.15, 0.2) is 11.0 Å². The molecule has 0 saturated carbocycles. The average molecular weight is 626 g/mol. The molecule has 4 N–H and O–H groups in total. The van der Waals surface area contributed by atoms with Gasteiger partial charge in [0.15, 0.2) is 6.29 Å². The Bertz CT molecular complexity index is 1150. The van der Waals surface area contributed by atoms with Gasteiger partial charge in [-0.2, -0.15) is 0 Å². The Hall–Kier alpha value is -1.77. The lowest BCUT2D eigenvalue weighted by Crippen LogP contribution is -2.49. The number of aromatic nitrogens is 1. The van der Waals surface area contributed by atoms with Crippen molar-refractivity contribution in [2.24, 2.45) is 17.3 Å². The summed E-state index contributed by atoms with van der Waals surface area (Å²) in [5, 5.41) is 44.3. The van der Waals surface area contributed by atoms with E-state index >= 15 is 0 Å². The van der Waals surface area contributed by atoms with Crippen LogP contribution in [-0.2, 0) is 28.5 Å². The van der Waals surface area contributed by atoms with Crippen molar-refractivity contribution in [1.29, 1.82) is 0 Å². The van der Waals surface area contributed by atoms with Gasteiger partial charge in [-0.15, -0.1) is 11.3 Å². The third kappa shape index (κ3) is 8.09. The molecule has 43 heavy (non-hydrogen) atoms. The fraction of sp³-hybridized carbons (Fsp3) is 0.774. The Balaban J connectivity index is 1.63. The number of aryl methyl sites for hydroxylation is 1. The second-order valence-electron chi connectivity index (χ2n) is 12.9. The minimum Gasteiger partial charge on any atom is -0.458 e. The van der Waals surface area contributed by atoms with E-state index in [1.165, 1.54) is 11.3 Å². The third-order valence-corrected chi connectivity index (χ3v) is 9.97. The first-order valence-corrected chi connectivity index (χ1v) is 16.1. The van der Waals surface area contributed by atoms with Crippen molar-refractivity contribution in [3.05, 3.63) is 21.7 Å². The summed E-state index contributed by atoms with van der Waals surface area (Å²) in [6.45, 7) is 10.1. The number of hydrogen-bond acceptors (Lipinski definition) is 12. The summed E-state index contributed by atoms with van der Waals surface area (Å²) >= 11 is 1.53. The van der Waals surface area contributed by atoms with Crippen LogP contribution in [0.4, 0.5) is 0 Å². The topological polar surface area (TPSA) is 168 Å². The normalized spacial score (nSPS) is 39.8. The molecule has 0 aromatic carbocycles. The Morgan fingerprint density at radius 2 is 1.84 bits per heavy atom. The highest BCUT2D eigenvalue weighted by Gasteiger charge is 2.50. The molecule has 242 valence electrons. The third-order valence-electron chi connectivity index (χ3n) is 9.17. The van der Waals surface area contributed by atoms with Gasteiger partial charge < -0.3 is 39.4 Å². The van der Waals surface area contributed by atoms with Gasteiger partial charge in [-0.25, -0.2) is 4.98 Å². The Kier molecular flexibility index (Phi) is 11.2. The number of Topliss-reactive ketones (excluding diaryl/α,β-unsaturated/α-hetero) is 1. The number of epoxide rings is 1. The van der Waals surface area contributed by atoms with Crippen LogP contribution in [0.25, 0.3) is 6.08 Å². The molecule has 0 radical (unpaired) electrons. The highest BCUT2D eigenvalue weighted by molar-refractivity contribution is 7.09. The lowest BCUT2D eigenvalue weighted by molar-refractivity contribution is -0.218. The van der Waals surface area contributed by atoms with Crippen LogP contribution in [-0.4, -0.2) is 98.9 Å². The predicted molar refractivity (Wildman–Crippen MR) is 158 cm³/mol. The number of carbonyl (C=O) groups is 2. The molecule has 3 aliphatic heterocycles. The van der Waals surface area contributed by atoms with Gasteiger partial charge in [0.2, 0.25) is 0 Å². The lowest BCUT2D eigenvalue weighted by Gasteiger charge is -2.38. The predicted octanol–water partition coefficient (Wildman–Crippen LogP) is 2.55. The van der Waals surface area contributed by atoms with Crippen LogP contribution in [0.2, 0.25) is 0 Å². The molecule has 11 nitrogen and oxygen atoms in total. The first kappa shape index (κ1) is 34.1. The van der Waals surface area contributed by atoms with E-state index in [2.05, 4.69) is 4.98 Å². The van der Waals surface area contributed by atoms with Crippen molar-refractivity contribution in [2.45, 2.75) is 129 Å². The number of esters is 1. The minimum atomic E-state index is -1.51. The summed E-state index contributed by atoms with van der Waals surface area (Å²) in [7, 11) is 0.